The molecule has 10 heteroatoms. The van der Waals surface area contributed by atoms with Crippen molar-refractivity contribution in [1.29, 1.82) is 0 Å². The Labute approximate surface area is 211 Å². The van der Waals surface area contributed by atoms with E-state index in [0.29, 0.717) is 36.3 Å². The van der Waals surface area contributed by atoms with Crippen molar-refractivity contribution >= 4 is 32.9 Å². The minimum Gasteiger partial charge on any atom is -0.492 e. The summed E-state index contributed by atoms with van der Waals surface area (Å²) in [4.78, 5) is 23.4. The number of carbonyl (C=O) groups is 2. The number of nitrogens with one attached hydrogen (secondary N) is 2. The highest BCUT2D eigenvalue weighted by molar-refractivity contribution is 7.90. The van der Waals surface area contributed by atoms with Crippen molar-refractivity contribution in [3.63, 3.8) is 0 Å². The van der Waals surface area contributed by atoms with Crippen LogP contribution in [0.3, 0.4) is 0 Å². The van der Waals surface area contributed by atoms with Crippen molar-refractivity contribution in [3.05, 3.63) is 59.3 Å². The van der Waals surface area contributed by atoms with Gasteiger partial charge in [-0.2, -0.15) is 0 Å². The highest BCUT2D eigenvalue weighted by Crippen LogP contribution is 2.33. The number of rotatable bonds is 11. The van der Waals surface area contributed by atoms with Crippen LogP contribution in [-0.2, 0) is 26.0 Å². The maximum absolute atomic E-state index is 13.6. The average molecular weight is 516 g/mol. The molecule has 0 aliphatic heterocycles. The smallest absolute Gasteiger partial charge is 0.407 e. The molecule has 0 saturated heterocycles. The molecular formula is C26H33N3O6S. The molecule has 0 aliphatic carbocycles. The molecule has 2 aromatic carbocycles. The van der Waals surface area contributed by atoms with E-state index in [4.69, 9.17) is 9.47 Å². The summed E-state index contributed by atoms with van der Waals surface area (Å²) < 4.78 is 39.3. The van der Waals surface area contributed by atoms with E-state index in [0.717, 1.165) is 16.5 Å². The molecule has 2 N–H and O–H groups in total. The highest BCUT2D eigenvalue weighted by Gasteiger charge is 2.25. The fraction of sp³-hybridized carbons (Fsp3) is 0.385. The number of carbonyl (C=O) groups excluding carboxylic acids is 2. The van der Waals surface area contributed by atoms with Gasteiger partial charge in [0.2, 0.25) is 5.91 Å². The van der Waals surface area contributed by atoms with Crippen LogP contribution in [-0.4, -0.2) is 50.7 Å². The van der Waals surface area contributed by atoms with E-state index in [1.165, 1.54) is 3.97 Å². The van der Waals surface area contributed by atoms with E-state index in [-0.39, 0.29) is 30.6 Å². The largest absolute Gasteiger partial charge is 0.492 e. The first-order valence-electron chi connectivity index (χ1n) is 11.9. The average Bonchev–Trinajstić information content (AvgIpc) is 3.13. The molecule has 1 aromatic heterocycles. The fourth-order valence-corrected chi connectivity index (χ4v) is 5.50. The van der Waals surface area contributed by atoms with Crippen molar-refractivity contribution in [2.45, 2.75) is 45.4 Å². The Morgan fingerprint density at radius 1 is 0.972 bits per heavy atom. The normalized spacial score (nSPS) is 11.3. The quantitative estimate of drug-likeness (QED) is 0.376. The first kappa shape index (κ1) is 27.1. The number of benzene rings is 2. The lowest BCUT2D eigenvalue weighted by atomic mass is 10.1. The number of amides is 2. The van der Waals surface area contributed by atoms with E-state index >= 15 is 0 Å². The van der Waals surface area contributed by atoms with Crippen molar-refractivity contribution in [1.82, 2.24) is 14.6 Å². The summed E-state index contributed by atoms with van der Waals surface area (Å²) in [6.45, 7) is 8.32. The van der Waals surface area contributed by atoms with Crippen molar-refractivity contribution in [2.75, 3.05) is 26.3 Å². The Kier molecular flexibility index (Phi) is 8.98. The van der Waals surface area contributed by atoms with Crippen LogP contribution in [0.15, 0.2) is 47.4 Å². The molecule has 0 unspecified atom stereocenters. The number of hydrogen-bond donors (Lipinski definition) is 2. The van der Waals surface area contributed by atoms with Gasteiger partial charge in [0.15, 0.2) is 0 Å². The van der Waals surface area contributed by atoms with Gasteiger partial charge in [-0.15, -0.1) is 0 Å². The number of alkyl carbamates (subject to hydrolysis) is 1. The second kappa shape index (κ2) is 11.9. The van der Waals surface area contributed by atoms with Gasteiger partial charge in [0.25, 0.3) is 10.0 Å². The topological polar surface area (TPSA) is 116 Å². The maximum atomic E-state index is 13.6. The van der Waals surface area contributed by atoms with E-state index in [1.807, 2.05) is 6.92 Å². The second-order valence-electron chi connectivity index (χ2n) is 8.27. The van der Waals surface area contributed by atoms with Gasteiger partial charge >= 0.3 is 6.09 Å². The number of fused-ring (bicyclic) bond motifs is 1. The minimum absolute atomic E-state index is 0.0678. The zero-order chi connectivity index (χ0) is 26.3. The third kappa shape index (κ3) is 6.17. The SMILES string of the molecule is CCOC(=O)NCCOc1ccc2c(c1)c(CCNC(=O)CC)c(C)n2S(=O)(=O)c1ccc(C)cc1. The van der Waals surface area contributed by atoms with Gasteiger partial charge in [-0.05, 0) is 63.1 Å². The molecule has 0 atom stereocenters. The van der Waals surface area contributed by atoms with E-state index in [9.17, 15) is 18.0 Å². The van der Waals surface area contributed by atoms with Crippen LogP contribution < -0.4 is 15.4 Å². The highest BCUT2D eigenvalue weighted by atomic mass is 32.2. The third-order valence-electron chi connectivity index (χ3n) is 5.75. The van der Waals surface area contributed by atoms with Crippen molar-refractivity contribution in [3.8, 4) is 5.75 Å². The first-order chi connectivity index (χ1) is 17.2. The van der Waals surface area contributed by atoms with Gasteiger partial charge in [-0.1, -0.05) is 24.6 Å². The lowest BCUT2D eigenvalue weighted by Crippen LogP contribution is -2.28. The van der Waals surface area contributed by atoms with E-state index in [2.05, 4.69) is 10.6 Å². The fourth-order valence-electron chi connectivity index (χ4n) is 3.92. The number of hydrogen-bond acceptors (Lipinski definition) is 6. The van der Waals surface area contributed by atoms with Crippen LogP contribution in [0.5, 0.6) is 5.75 Å². The monoisotopic (exact) mass is 515 g/mol. The van der Waals surface area contributed by atoms with Gasteiger partial charge < -0.3 is 20.1 Å². The van der Waals surface area contributed by atoms with Crippen LogP contribution in [0.1, 0.15) is 37.1 Å². The van der Waals surface area contributed by atoms with E-state index < -0.39 is 16.1 Å². The summed E-state index contributed by atoms with van der Waals surface area (Å²) in [5.41, 5.74) is 2.89. The molecule has 194 valence electrons. The zero-order valence-electron chi connectivity index (χ0n) is 21.1. The predicted molar refractivity (Wildman–Crippen MR) is 138 cm³/mol. The summed E-state index contributed by atoms with van der Waals surface area (Å²) >= 11 is 0. The van der Waals surface area contributed by atoms with Crippen LogP contribution in [0.25, 0.3) is 10.9 Å². The number of ether oxygens (including phenoxy) is 2. The van der Waals surface area contributed by atoms with E-state index in [1.54, 1.807) is 63.2 Å². The van der Waals surface area contributed by atoms with Crippen LogP contribution in [0.4, 0.5) is 4.79 Å². The molecule has 0 spiro atoms. The molecule has 3 aromatic rings. The Morgan fingerprint density at radius 3 is 2.36 bits per heavy atom. The van der Waals surface area contributed by atoms with Crippen LogP contribution in [0, 0.1) is 13.8 Å². The summed E-state index contributed by atoms with van der Waals surface area (Å²) in [5.74, 6) is 0.471. The molecule has 3 rings (SSSR count). The van der Waals surface area contributed by atoms with Gasteiger partial charge in [-0.25, -0.2) is 17.2 Å². The molecule has 0 bridgehead atoms. The zero-order valence-corrected chi connectivity index (χ0v) is 21.9. The van der Waals surface area contributed by atoms with Gasteiger partial charge in [-0.3, -0.25) is 4.79 Å². The number of nitrogens with zero attached hydrogens (tertiary/aromatic N) is 1. The van der Waals surface area contributed by atoms with Crippen LogP contribution in [0.2, 0.25) is 0 Å². The van der Waals surface area contributed by atoms with Gasteiger partial charge in [0.1, 0.15) is 12.4 Å². The molecule has 0 aliphatic rings. The Morgan fingerprint density at radius 2 is 1.69 bits per heavy atom. The second-order valence-corrected chi connectivity index (χ2v) is 10.1. The summed E-state index contributed by atoms with van der Waals surface area (Å²) in [6.07, 6.45) is 0.320. The standard InChI is InChI=1S/C26H33N3O6S/c1-5-25(30)27-14-13-22-19(4)29(36(32,33)21-10-7-18(3)8-11-21)24-12-9-20(17-23(22)24)35-16-15-28-26(31)34-6-2/h7-12,17H,5-6,13-16H2,1-4H3,(H,27,30)(H,28,31). The van der Waals surface area contributed by atoms with Crippen LogP contribution >= 0.6 is 0 Å². The predicted octanol–water partition coefficient (Wildman–Crippen LogP) is 3.69. The van der Waals surface area contributed by atoms with Gasteiger partial charge in [0.05, 0.1) is 23.6 Å². The summed E-state index contributed by atoms with van der Waals surface area (Å²) in [5, 5.41) is 6.17. The Balaban J connectivity index is 1.96. The summed E-state index contributed by atoms with van der Waals surface area (Å²) in [7, 11) is -3.86. The number of aromatic nitrogens is 1. The summed E-state index contributed by atoms with van der Waals surface area (Å²) in [6, 6.07) is 12.0. The molecule has 0 saturated carbocycles. The Hall–Kier alpha value is -3.53. The number of aryl methyl sites for hydroxylation is 1. The third-order valence-corrected chi connectivity index (χ3v) is 7.57. The maximum Gasteiger partial charge on any atom is 0.407 e. The van der Waals surface area contributed by atoms with Gasteiger partial charge in [0, 0.05) is 24.0 Å². The molecule has 1 heterocycles. The van der Waals surface area contributed by atoms with Crippen molar-refractivity contribution < 1.29 is 27.5 Å². The molecule has 2 amide bonds. The molecular weight excluding hydrogens is 482 g/mol. The lowest BCUT2D eigenvalue weighted by Gasteiger charge is -2.11. The molecule has 36 heavy (non-hydrogen) atoms. The van der Waals surface area contributed by atoms with Crippen molar-refractivity contribution in [2.24, 2.45) is 0 Å². The lowest BCUT2D eigenvalue weighted by molar-refractivity contribution is -0.120. The minimum atomic E-state index is -3.86. The Bertz CT molecular complexity index is 1330. The molecule has 0 radical (unpaired) electrons. The molecule has 9 nitrogen and oxygen atoms in total. The molecule has 0 fully saturated rings. The first-order valence-corrected chi connectivity index (χ1v) is 13.4.